The highest BCUT2D eigenvalue weighted by Gasteiger charge is 2.33. The Labute approximate surface area is 93.9 Å². The number of nitrogens with zero attached hydrogens (tertiary/aromatic N) is 3. The van der Waals surface area contributed by atoms with E-state index in [0.717, 1.165) is 25.9 Å². The first-order valence-corrected chi connectivity index (χ1v) is 5.72. The fourth-order valence-corrected chi connectivity index (χ4v) is 2.07. The molecule has 3 rings (SSSR count). The molecule has 0 bridgehead atoms. The Bertz CT molecular complexity index is 399. The van der Waals surface area contributed by atoms with Crippen molar-refractivity contribution in [3.63, 3.8) is 0 Å². The molecule has 1 aromatic rings. The van der Waals surface area contributed by atoms with Crippen molar-refractivity contribution in [2.24, 2.45) is 0 Å². The maximum absolute atomic E-state index is 14.1. The summed E-state index contributed by atoms with van der Waals surface area (Å²) >= 11 is 0. The molecule has 2 heterocycles. The van der Waals surface area contributed by atoms with Crippen LogP contribution < -0.4 is 10.2 Å². The van der Waals surface area contributed by atoms with Crippen LogP contribution in [0.1, 0.15) is 24.5 Å². The van der Waals surface area contributed by atoms with E-state index in [1.54, 1.807) is 0 Å². The fourth-order valence-electron chi connectivity index (χ4n) is 2.07. The van der Waals surface area contributed by atoms with Crippen LogP contribution in [-0.2, 0) is 0 Å². The van der Waals surface area contributed by atoms with Crippen molar-refractivity contribution in [1.82, 2.24) is 15.3 Å². The zero-order valence-corrected chi connectivity index (χ0v) is 9.28. The number of rotatable bonds is 3. The molecule has 0 aromatic carbocycles. The number of hydrogen-bond acceptors (Lipinski definition) is 4. The molecule has 16 heavy (non-hydrogen) atoms. The highest BCUT2D eigenvalue weighted by Crippen LogP contribution is 2.41. The van der Waals surface area contributed by atoms with Crippen molar-refractivity contribution in [3.05, 3.63) is 17.8 Å². The van der Waals surface area contributed by atoms with Crippen molar-refractivity contribution < 1.29 is 4.39 Å². The summed E-state index contributed by atoms with van der Waals surface area (Å²) in [7, 11) is 1.92. The lowest BCUT2D eigenvalue weighted by molar-refractivity contribution is 0.437. The van der Waals surface area contributed by atoms with E-state index in [2.05, 4.69) is 15.3 Å². The van der Waals surface area contributed by atoms with Gasteiger partial charge in [-0.2, -0.15) is 0 Å². The van der Waals surface area contributed by atoms with Crippen LogP contribution >= 0.6 is 0 Å². The standard InChI is InChI=1S/C11H15FN4/c1-13-8-4-16(5-8)11-9(12)10(7-2-3-7)14-6-15-11/h6-8,13H,2-5H2,1H3. The molecular formula is C11H15FN4. The second kappa shape index (κ2) is 3.66. The summed E-state index contributed by atoms with van der Waals surface area (Å²) in [6.45, 7) is 1.66. The Balaban J connectivity index is 1.82. The number of likely N-dealkylation sites (N-methyl/N-ethyl adjacent to an activating group) is 1. The molecule has 0 unspecified atom stereocenters. The van der Waals surface area contributed by atoms with Crippen LogP contribution in [0.2, 0.25) is 0 Å². The minimum Gasteiger partial charge on any atom is -0.351 e. The quantitative estimate of drug-likeness (QED) is 0.825. The van der Waals surface area contributed by atoms with Gasteiger partial charge >= 0.3 is 0 Å². The lowest BCUT2D eigenvalue weighted by Crippen LogP contribution is -2.57. The molecule has 0 amide bonds. The lowest BCUT2D eigenvalue weighted by atomic mass is 10.1. The fraction of sp³-hybridized carbons (Fsp3) is 0.636. The zero-order chi connectivity index (χ0) is 11.1. The van der Waals surface area contributed by atoms with Gasteiger partial charge in [0.1, 0.15) is 6.33 Å². The molecule has 1 saturated heterocycles. The van der Waals surface area contributed by atoms with Crippen molar-refractivity contribution in [1.29, 1.82) is 0 Å². The number of hydrogen-bond donors (Lipinski definition) is 1. The first-order chi connectivity index (χ1) is 7.79. The van der Waals surface area contributed by atoms with Gasteiger partial charge in [0.2, 0.25) is 0 Å². The van der Waals surface area contributed by atoms with Crippen molar-refractivity contribution >= 4 is 5.82 Å². The molecule has 2 aliphatic rings. The first-order valence-electron chi connectivity index (χ1n) is 5.72. The van der Waals surface area contributed by atoms with E-state index >= 15 is 0 Å². The molecule has 1 aliphatic carbocycles. The molecular weight excluding hydrogens is 207 g/mol. The van der Waals surface area contributed by atoms with Crippen LogP contribution in [0.5, 0.6) is 0 Å². The van der Waals surface area contributed by atoms with E-state index in [1.807, 2.05) is 11.9 Å². The average molecular weight is 222 g/mol. The third kappa shape index (κ3) is 1.55. The lowest BCUT2D eigenvalue weighted by Gasteiger charge is -2.40. The molecule has 4 nitrogen and oxygen atoms in total. The SMILES string of the molecule is CNC1CN(c2ncnc(C3CC3)c2F)C1. The molecule has 1 N–H and O–H groups in total. The monoisotopic (exact) mass is 222 g/mol. The summed E-state index contributed by atoms with van der Waals surface area (Å²) < 4.78 is 14.1. The predicted octanol–water partition coefficient (Wildman–Crippen LogP) is 0.901. The van der Waals surface area contributed by atoms with E-state index in [4.69, 9.17) is 0 Å². The van der Waals surface area contributed by atoms with Gasteiger partial charge in [0, 0.05) is 25.0 Å². The van der Waals surface area contributed by atoms with Gasteiger partial charge in [0.25, 0.3) is 0 Å². The Morgan fingerprint density at radius 2 is 2.12 bits per heavy atom. The summed E-state index contributed by atoms with van der Waals surface area (Å²) in [5.74, 6) is 0.603. The second-order valence-corrected chi connectivity index (χ2v) is 4.56. The summed E-state index contributed by atoms with van der Waals surface area (Å²) in [5, 5.41) is 3.16. The predicted molar refractivity (Wildman–Crippen MR) is 59.0 cm³/mol. The smallest absolute Gasteiger partial charge is 0.187 e. The first kappa shape index (κ1) is 9.96. The van der Waals surface area contributed by atoms with E-state index in [9.17, 15) is 4.39 Å². The molecule has 1 saturated carbocycles. The summed E-state index contributed by atoms with van der Waals surface area (Å²) in [6, 6.07) is 0.457. The molecule has 0 atom stereocenters. The molecule has 86 valence electrons. The minimum atomic E-state index is -0.209. The number of aromatic nitrogens is 2. The maximum Gasteiger partial charge on any atom is 0.187 e. The highest BCUT2D eigenvalue weighted by molar-refractivity contribution is 5.45. The Morgan fingerprint density at radius 1 is 1.38 bits per heavy atom. The van der Waals surface area contributed by atoms with Crippen molar-refractivity contribution in [2.75, 3.05) is 25.0 Å². The van der Waals surface area contributed by atoms with Gasteiger partial charge in [0.15, 0.2) is 11.6 Å². The largest absolute Gasteiger partial charge is 0.351 e. The molecule has 5 heteroatoms. The van der Waals surface area contributed by atoms with Gasteiger partial charge < -0.3 is 10.2 Å². The Kier molecular flexibility index (Phi) is 2.28. The van der Waals surface area contributed by atoms with E-state index in [1.165, 1.54) is 6.33 Å². The van der Waals surface area contributed by atoms with Gasteiger partial charge in [-0.15, -0.1) is 0 Å². The van der Waals surface area contributed by atoms with E-state index in [0.29, 0.717) is 23.5 Å². The Morgan fingerprint density at radius 3 is 2.75 bits per heavy atom. The van der Waals surface area contributed by atoms with Gasteiger partial charge in [0.05, 0.1) is 5.69 Å². The topological polar surface area (TPSA) is 41.0 Å². The van der Waals surface area contributed by atoms with E-state index in [-0.39, 0.29) is 5.82 Å². The summed E-state index contributed by atoms with van der Waals surface area (Å²) in [5.41, 5.74) is 0.609. The molecule has 0 radical (unpaired) electrons. The van der Waals surface area contributed by atoms with Crippen LogP contribution in [0.4, 0.5) is 10.2 Å². The second-order valence-electron chi connectivity index (χ2n) is 4.56. The number of halogens is 1. The van der Waals surface area contributed by atoms with Gasteiger partial charge in [-0.25, -0.2) is 14.4 Å². The van der Waals surface area contributed by atoms with Crippen LogP contribution in [0.25, 0.3) is 0 Å². The molecule has 1 aliphatic heterocycles. The Hall–Kier alpha value is -1.23. The summed E-state index contributed by atoms with van der Waals surface area (Å²) in [6.07, 6.45) is 3.61. The van der Waals surface area contributed by atoms with Gasteiger partial charge in [-0.3, -0.25) is 0 Å². The van der Waals surface area contributed by atoms with E-state index < -0.39 is 0 Å². The van der Waals surface area contributed by atoms with Crippen molar-refractivity contribution in [3.8, 4) is 0 Å². The molecule has 0 spiro atoms. The third-order valence-electron chi connectivity index (χ3n) is 3.35. The zero-order valence-electron chi connectivity index (χ0n) is 9.28. The van der Waals surface area contributed by atoms with Gasteiger partial charge in [-0.05, 0) is 19.9 Å². The molecule has 1 aromatic heterocycles. The number of anilines is 1. The normalized spacial score (nSPS) is 21.0. The third-order valence-corrected chi connectivity index (χ3v) is 3.35. The number of nitrogens with one attached hydrogen (secondary N) is 1. The maximum atomic E-state index is 14.1. The summed E-state index contributed by atoms with van der Waals surface area (Å²) in [4.78, 5) is 10.1. The highest BCUT2D eigenvalue weighted by atomic mass is 19.1. The van der Waals surface area contributed by atoms with Crippen LogP contribution in [0.15, 0.2) is 6.33 Å². The minimum absolute atomic E-state index is 0.209. The average Bonchev–Trinajstić information content (AvgIpc) is 3.02. The van der Waals surface area contributed by atoms with Crippen LogP contribution in [0.3, 0.4) is 0 Å². The van der Waals surface area contributed by atoms with Crippen molar-refractivity contribution in [2.45, 2.75) is 24.8 Å². The molecule has 2 fully saturated rings. The van der Waals surface area contributed by atoms with Crippen LogP contribution in [0, 0.1) is 5.82 Å². The van der Waals surface area contributed by atoms with Gasteiger partial charge in [-0.1, -0.05) is 0 Å². The van der Waals surface area contributed by atoms with Crippen LogP contribution in [-0.4, -0.2) is 36.1 Å².